The molecule has 1 aromatic rings. The molecule has 0 saturated heterocycles. The molecule has 0 radical (unpaired) electrons. The van der Waals surface area contributed by atoms with Gasteiger partial charge in [-0.25, -0.2) is 0 Å². The zero-order valence-electron chi connectivity index (χ0n) is 11.3. The number of carbonyl (C=O) groups excluding carboxylic acids is 1. The van der Waals surface area contributed by atoms with Crippen LogP contribution in [0.15, 0.2) is 6.07 Å². The minimum atomic E-state index is -0.441. The lowest BCUT2D eigenvalue weighted by atomic mass is 10.1. The Bertz CT molecular complexity index is 418. The van der Waals surface area contributed by atoms with Crippen molar-refractivity contribution in [1.29, 1.82) is 0 Å². The van der Waals surface area contributed by atoms with Gasteiger partial charge in [-0.05, 0) is 32.9 Å². The van der Waals surface area contributed by atoms with Gasteiger partial charge in [0, 0.05) is 18.8 Å². The Labute approximate surface area is 108 Å². The molecule has 0 aliphatic heterocycles. The van der Waals surface area contributed by atoms with Crippen LogP contribution < -0.4 is 16.4 Å². The molecular weight excluding hydrogens is 228 g/mol. The van der Waals surface area contributed by atoms with Gasteiger partial charge in [0.05, 0.1) is 16.9 Å². The number of aryl methyl sites for hydroxylation is 2. The Morgan fingerprint density at radius 2 is 2.06 bits per heavy atom. The van der Waals surface area contributed by atoms with E-state index in [2.05, 4.69) is 22.5 Å². The molecule has 0 spiro atoms. The van der Waals surface area contributed by atoms with E-state index < -0.39 is 5.91 Å². The molecule has 0 fully saturated rings. The largest absolute Gasteiger partial charge is 0.383 e. The van der Waals surface area contributed by atoms with Crippen LogP contribution in [0.5, 0.6) is 0 Å². The maximum atomic E-state index is 11.4. The van der Waals surface area contributed by atoms with Gasteiger partial charge in [0.1, 0.15) is 0 Å². The average Bonchev–Trinajstić information content (AvgIpc) is 2.27. The molecule has 0 aliphatic rings. The number of pyridine rings is 1. The number of hydrogen-bond donors (Lipinski definition) is 3. The summed E-state index contributed by atoms with van der Waals surface area (Å²) in [6.07, 6.45) is 1.11. The van der Waals surface area contributed by atoms with E-state index in [0.29, 0.717) is 11.3 Å². The van der Waals surface area contributed by atoms with Crippen molar-refractivity contribution in [3.63, 3.8) is 0 Å². The normalized spacial score (nSPS) is 10.4. The molecule has 1 heterocycles. The minimum Gasteiger partial charge on any atom is -0.383 e. The third-order valence-electron chi connectivity index (χ3n) is 2.62. The molecule has 4 N–H and O–H groups in total. The first kappa shape index (κ1) is 14.4. The first-order valence-electron chi connectivity index (χ1n) is 6.29. The molecule has 0 atom stereocenters. The van der Waals surface area contributed by atoms with Crippen LogP contribution in [-0.2, 0) is 0 Å². The Morgan fingerprint density at radius 3 is 2.67 bits per heavy atom. The number of amides is 1. The minimum absolute atomic E-state index is 0.441. The highest BCUT2D eigenvalue weighted by molar-refractivity contribution is 5.99. The Morgan fingerprint density at radius 1 is 1.33 bits per heavy atom. The first-order valence-corrected chi connectivity index (χ1v) is 6.29. The van der Waals surface area contributed by atoms with Crippen molar-refractivity contribution in [3.8, 4) is 0 Å². The SMILES string of the molecule is CCCNCCNc1cc(C)nc(C)c1C(N)=O. The molecule has 0 bridgehead atoms. The van der Waals surface area contributed by atoms with Crippen molar-refractivity contribution >= 4 is 11.6 Å². The predicted octanol–water partition coefficient (Wildman–Crippen LogP) is 1.21. The summed E-state index contributed by atoms with van der Waals surface area (Å²) in [4.78, 5) is 15.7. The lowest BCUT2D eigenvalue weighted by Crippen LogP contribution is -2.24. The number of anilines is 1. The molecule has 1 amide bonds. The Kier molecular flexibility index (Phi) is 5.58. The number of nitrogens with one attached hydrogen (secondary N) is 2. The van der Waals surface area contributed by atoms with Crippen LogP contribution in [-0.4, -0.2) is 30.5 Å². The molecule has 0 saturated carbocycles. The molecule has 5 nitrogen and oxygen atoms in total. The summed E-state index contributed by atoms with van der Waals surface area (Å²) in [5.41, 5.74) is 8.18. The highest BCUT2D eigenvalue weighted by Crippen LogP contribution is 2.18. The molecule has 5 heteroatoms. The summed E-state index contributed by atoms with van der Waals surface area (Å²) in [5, 5.41) is 6.52. The van der Waals surface area contributed by atoms with Crippen molar-refractivity contribution in [2.24, 2.45) is 5.73 Å². The van der Waals surface area contributed by atoms with Gasteiger partial charge in [0.2, 0.25) is 0 Å². The van der Waals surface area contributed by atoms with Gasteiger partial charge >= 0.3 is 0 Å². The fourth-order valence-electron chi connectivity index (χ4n) is 1.87. The topological polar surface area (TPSA) is 80.0 Å². The second-order valence-corrected chi connectivity index (χ2v) is 4.31. The second kappa shape index (κ2) is 6.96. The van der Waals surface area contributed by atoms with Crippen molar-refractivity contribution in [2.75, 3.05) is 25.0 Å². The van der Waals surface area contributed by atoms with E-state index in [1.165, 1.54) is 0 Å². The lowest BCUT2D eigenvalue weighted by Gasteiger charge is -2.13. The van der Waals surface area contributed by atoms with Crippen molar-refractivity contribution < 1.29 is 4.79 Å². The first-order chi connectivity index (χ1) is 8.56. The van der Waals surface area contributed by atoms with E-state index in [1.54, 1.807) is 6.92 Å². The van der Waals surface area contributed by atoms with Crippen LogP contribution in [0, 0.1) is 13.8 Å². The second-order valence-electron chi connectivity index (χ2n) is 4.31. The van der Waals surface area contributed by atoms with Crippen molar-refractivity contribution in [1.82, 2.24) is 10.3 Å². The maximum absolute atomic E-state index is 11.4. The molecule has 18 heavy (non-hydrogen) atoms. The number of nitrogens with zero attached hydrogens (tertiary/aromatic N) is 1. The van der Waals surface area contributed by atoms with E-state index in [9.17, 15) is 4.79 Å². The van der Waals surface area contributed by atoms with E-state index in [0.717, 1.165) is 37.4 Å². The lowest BCUT2D eigenvalue weighted by molar-refractivity contribution is 0.1000. The highest BCUT2D eigenvalue weighted by atomic mass is 16.1. The summed E-state index contributed by atoms with van der Waals surface area (Å²) in [6, 6.07) is 1.85. The molecule has 0 unspecified atom stereocenters. The third-order valence-corrected chi connectivity index (χ3v) is 2.62. The van der Waals surface area contributed by atoms with Crippen molar-refractivity contribution in [3.05, 3.63) is 23.0 Å². The molecule has 0 aliphatic carbocycles. The molecule has 0 aromatic carbocycles. The fraction of sp³-hybridized carbons (Fsp3) is 0.538. The Hall–Kier alpha value is -1.62. The predicted molar refractivity (Wildman–Crippen MR) is 73.9 cm³/mol. The van der Waals surface area contributed by atoms with E-state index in [4.69, 9.17) is 5.73 Å². The molecular formula is C13H22N4O. The Balaban J connectivity index is 2.71. The van der Waals surface area contributed by atoms with Crippen LogP contribution >= 0.6 is 0 Å². The van der Waals surface area contributed by atoms with Gasteiger partial charge in [-0.2, -0.15) is 0 Å². The van der Waals surface area contributed by atoms with Gasteiger partial charge in [0.15, 0.2) is 0 Å². The van der Waals surface area contributed by atoms with Gasteiger partial charge in [-0.15, -0.1) is 0 Å². The third kappa shape index (κ3) is 4.00. The average molecular weight is 250 g/mol. The van der Waals surface area contributed by atoms with E-state index in [-0.39, 0.29) is 0 Å². The highest BCUT2D eigenvalue weighted by Gasteiger charge is 2.13. The zero-order valence-corrected chi connectivity index (χ0v) is 11.3. The number of primary amides is 1. The zero-order chi connectivity index (χ0) is 13.5. The van der Waals surface area contributed by atoms with Gasteiger partial charge in [-0.1, -0.05) is 6.92 Å². The van der Waals surface area contributed by atoms with Gasteiger partial charge < -0.3 is 16.4 Å². The fourth-order valence-corrected chi connectivity index (χ4v) is 1.87. The summed E-state index contributed by atoms with van der Waals surface area (Å²) >= 11 is 0. The van der Waals surface area contributed by atoms with E-state index >= 15 is 0 Å². The summed E-state index contributed by atoms with van der Waals surface area (Å²) in [7, 11) is 0. The van der Waals surface area contributed by atoms with Crippen molar-refractivity contribution in [2.45, 2.75) is 27.2 Å². The van der Waals surface area contributed by atoms with Crippen LogP contribution in [0.2, 0.25) is 0 Å². The molecule has 1 rings (SSSR count). The summed E-state index contributed by atoms with van der Waals surface area (Å²) in [6.45, 7) is 8.43. The van der Waals surface area contributed by atoms with Gasteiger partial charge in [-0.3, -0.25) is 9.78 Å². The summed E-state index contributed by atoms with van der Waals surface area (Å²) in [5.74, 6) is -0.441. The van der Waals surface area contributed by atoms with Crippen LogP contribution in [0.1, 0.15) is 35.1 Å². The molecule has 100 valence electrons. The van der Waals surface area contributed by atoms with E-state index in [1.807, 2.05) is 13.0 Å². The van der Waals surface area contributed by atoms with Crippen LogP contribution in [0.25, 0.3) is 0 Å². The molecule has 1 aromatic heterocycles. The van der Waals surface area contributed by atoms with Crippen LogP contribution in [0.3, 0.4) is 0 Å². The number of aromatic nitrogens is 1. The van der Waals surface area contributed by atoms with Crippen LogP contribution in [0.4, 0.5) is 5.69 Å². The smallest absolute Gasteiger partial charge is 0.252 e. The number of carbonyl (C=O) groups is 1. The standard InChI is InChI=1S/C13H22N4O/c1-4-5-15-6-7-16-11-8-9(2)17-10(3)12(11)13(14)18/h8,15H,4-7H2,1-3H3,(H2,14,18)(H,16,17). The number of nitrogens with two attached hydrogens (primary N) is 1. The monoisotopic (exact) mass is 250 g/mol. The quantitative estimate of drug-likeness (QED) is 0.635. The number of hydrogen-bond acceptors (Lipinski definition) is 4. The number of rotatable bonds is 7. The van der Waals surface area contributed by atoms with Gasteiger partial charge in [0.25, 0.3) is 5.91 Å². The summed E-state index contributed by atoms with van der Waals surface area (Å²) < 4.78 is 0. The maximum Gasteiger partial charge on any atom is 0.252 e.